The Balaban J connectivity index is 1.40. The Kier molecular flexibility index (Phi) is 4.98. The van der Waals surface area contributed by atoms with Gasteiger partial charge in [0.25, 0.3) is 0 Å². The Bertz CT molecular complexity index is 1210. The molecule has 4 rings (SSSR count). The number of pyridine rings is 1. The fourth-order valence-corrected chi connectivity index (χ4v) is 2.81. The van der Waals surface area contributed by atoms with Crippen molar-refractivity contribution >= 4 is 17.2 Å². The molecule has 8 nitrogen and oxygen atoms in total. The maximum absolute atomic E-state index is 12.3. The summed E-state index contributed by atoms with van der Waals surface area (Å²) in [6.07, 6.45) is 1.61. The van der Waals surface area contributed by atoms with E-state index < -0.39 is 0 Å². The Morgan fingerprint density at radius 2 is 1.79 bits per heavy atom. The van der Waals surface area contributed by atoms with Crippen molar-refractivity contribution in [3.63, 3.8) is 0 Å². The molecule has 2 heterocycles. The predicted molar refractivity (Wildman–Crippen MR) is 108 cm³/mol. The fourth-order valence-electron chi connectivity index (χ4n) is 2.81. The van der Waals surface area contributed by atoms with Crippen molar-refractivity contribution in [3.8, 4) is 17.2 Å². The van der Waals surface area contributed by atoms with E-state index >= 15 is 0 Å². The van der Waals surface area contributed by atoms with Gasteiger partial charge in [-0.05, 0) is 48.5 Å². The van der Waals surface area contributed by atoms with Crippen molar-refractivity contribution in [1.82, 2.24) is 14.2 Å². The normalized spacial score (nSPS) is 10.7. The smallest absolute Gasteiger partial charge is 0.350 e. The highest BCUT2D eigenvalue weighted by Crippen LogP contribution is 2.26. The molecule has 0 aliphatic rings. The molecule has 0 atom stereocenters. The Morgan fingerprint density at radius 3 is 2.55 bits per heavy atom. The van der Waals surface area contributed by atoms with Gasteiger partial charge < -0.3 is 14.8 Å². The van der Waals surface area contributed by atoms with Gasteiger partial charge in [-0.25, -0.2) is 9.48 Å². The SMILES string of the molecule is COc1cccc(Oc2ccc(NC(=O)Cn3nc4ccccn4c3=O)cc2)c1. The molecule has 1 N–H and O–H groups in total. The third kappa shape index (κ3) is 4.11. The number of benzene rings is 2. The Labute approximate surface area is 165 Å². The van der Waals surface area contributed by atoms with Crippen LogP contribution in [0.2, 0.25) is 0 Å². The predicted octanol–water partition coefficient (Wildman–Crippen LogP) is 2.94. The molecule has 0 saturated carbocycles. The van der Waals surface area contributed by atoms with Crippen LogP contribution < -0.4 is 20.5 Å². The van der Waals surface area contributed by atoms with Crippen LogP contribution in [-0.2, 0) is 11.3 Å². The number of hydrogen-bond acceptors (Lipinski definition) is 5. The van der Waals surface area contributed by atoms with Crippen molar-refractivity contribution in [2.75, 3.05) is 12.4 Å². The third-order valence-corrected chi connectivity index (χ3v) is 4.20. The Morgan fingerprint density at radius 1 is 1.00 bits per heavy atom. The van der Waals surface area contributed by atoms with Gasteiger partial charge in [-0.1, -0.05) is 12.1 Å². The average molecular weight is 390 g/mol. The van der Waals surface area contributed by atoms with Gasteiger partial charge in [0.2, 0.25) is 5.91 Å². The maximum atomic E-state index is 12.3. The van der Waals surface area contributed by atoms with Crippen LogP contribution in [0.4, 0.5) is 5.69 Å². The second-order valence-corrected chi connectivity index (χ2v) is 6.22. The molecule has 0 fully saturated rings. The molecule has 1 amide bonds. The average Bonchev–Trinajstić information content (AvgIpc) is 3.05. The maximum Gasteiger partial charge on any atom is 0.350 e. The summed E-state index contributed by atoms with van der Waals surface area (Å²) in [7, 11) is 1.59. The number of aromatic nitrogens is 3. The number of ether oxygens (including phenoxy) is 2. The summed E-state index contributed by atoms with van der Waals surface area (Å²) < 4.78 is 13.5. The quantitative estimate of drug-likeness (QED) is 0.547. The molecular formula is C21H18N4O4. The van der Waals surface area contributed by atoms with Gasteiger partial charge in [0, 0.05) is 18.0 Å². The molecule has 146 valence electrons. The zero-order valence-corrected chi connectivity index (χ0v) is 15.6. The van der Waals surface area contributed by atoms with Gasteiger partial charge in [0.05, 0.1) is 7.11 Å². The highest BCUT2D eigenvalue weighted by atomic mass is 16.5. The van der Waals surface area contributed by atoms with E-state index in [4.69, 9.17) is 9.47 Å². The molecule has 29 heavy (non-hydrogen) atoms. The summed E-state index contributed by atoms with van der Waals surface area (Å²) >= 11 is 0. The lowest BCUT2D eigenvalue weighted by atomic mass is 10.3. The van der Waals surface area contributed by atoms with Crippen LogP contribution >= 0.6 is 0 Å². The van der Waals surface area contributed by atoms with E-state index in [0.29, 0.717) is 28.6 Å². The van der Waals surface area contributed by atoms with Crippen molar-refractivity contribution in [2.45, 2.75) is 6.54 Å². The number of rotatable bonds is 6. The van der Waals surface area contributed by atoms with Crippen LogP contribution in [-0.4, -0.2) is 27.2 Å². The molecule has 0 aliphatic heterocycles. The van der Waals surface area contributed by atoms with Gasteiger partial charge >= 0.3 is 5.69 Å². The second kappa shape index (κ2) is 7.89. The number of anilines is 1. The second-order valence-electron chi connectivity index (χ2n) is 6.22. The van der Waals surface area contributed by atoms with E-state index in [-0.39, 0.29) is 18.1 Å². The number of carbonyl (C=O) groups excluding carboxylic acids is 1. The highest BCUT2D eigenvalue weighted by molar-refractivity contribution is 5.90. The lowest BCUT2D eigenvalue weighted by Crippen LogP contribution is -2.28. The first-order valence-electron chi connectivity index (χ1n) is 8.88. The van der Waals surface area contributed by atoms with Gasteiger partial charge in [-0.15, -0.1) is 5.10 Å². The zero-order chi connectivity index (χ0) is 20.2. The number of hydrogen-bond donors (Lipinski definition) is 1. The van der Waals surface area contributed by atoms with Crippen LogP contribution in [0.25, 0.3) is 5.65 Å². The molecule has 4 aromatic rings. The molecule has 2 aromatic carbocycles. The lowest BCUT2D eigenvalue weighted by molar-refractivity contribution is -0.117. The summed E-state index contributed by atoms with van der Waals surface area (Å²) in [4.78, 5) is 24.5. The van der Waals surface area contributed by atoms with Crippen molar-refractivity contribution in [3.05, 3.63) is 83.4 Å². The molecule has 8 heteroatoms. The minimum absolute atomic E-state index is 0.178. The summed E-state index contributed by atoms with van der Waals surface area (Å²) in [5.74, 6) is 1.62. The molecule has 0 unspecified atom stereocenters. The number of carbonyl (C=O) groups is 1. The minimum atomic E-state index is -0.363. The molecule has 0 aliphatic carbocycles. The molecule has 0 radical (unpaired) electrons. The Hall–Kier alpha value is -4.07. The minimum Gasteiger partial charge on any atom is -0.497 e. The van der Waals surface area contributed by atoms with Crippen LogP contribution in [0.3, 0.4) is 0 Å². The highest BCUT2D eigenvalue weighted by Gasteiger charge is 2.10. The van der Waals surface area contributed by atoms with E-state index in [9.17, 15) is 9.59 Å². The standard InChI is InChI=1S/C21H18N4O4/c1-28-17-5-4-6-18(13-17)29-16-10-8-15(9-11-16)22-20(26)14-25-21(27)24-12-3-2-7-19(24)23-25/h2-13H,14H2,1H3,(H,22,26). The zero-order valence-electron chi connectivity index (χ0n) is 15.6. The molecular weight excluding hydrogens is 372 g/mol. The van der Waals surface area contributed by atoms with Crippen LogP contribution in [0.5, 0.6) is 17.2 Å². The summed E-state index contributed by atoms with van der Waals surface area (Å²) in [5, 5.41) is 6.89. The van der Waals surface area contributed by atoms with Gasteiger partial charge in [-0.3, -0.25) is 9.20 Å². The number of methoxy groups -OCH3 is 1. The van der Waals surface area contributed by atoms with E-state index in [1.165, 1.54) is 4.40 Å². The van der Waals surface area contributed by atoms with E-state index in [1.807, 2.05) is 18.2 Å². The van der Waals surface area contributed by atoms with Crippen LogP contribution in [0.1, 0.15) is 0 Å². The van der Waals surface area contributed by atoms with Crippen molar-refractivity contribution in [2.24, 2.45) is 0 Å². The molecule has 0 spiro atoms. The first-order chi connectivity index (χ1) is 14.1. The lowest BCUT2D eigenvalue weighted by Gasteiger charge is -2.09. The van der Waals surface area contributed by atoms with Crippen LogP contribution in [0.15, 0.2) is 77.7 Å². The first-order valence-corrected chi connectivity index (χ1v) is 8.88. The van der Waals surface area contributed by atoms with Crippen molar-refractivity contribution in [1.29, 1.82) is 0 Å². The largest absolute Gasteiger partial charge is 0.497 e. The van der Waals surface area contributed by atoms with Crippen LogP contribution in [0, 0.1) is 0 Å². The molecule has 0 saturated heterocycles. The monoisotopic (exact) mass is 390 g/mol. The summed E-state index contributed by atoms with van der Waals surface area (Å²) in [6, 6.07) is 19.4. The van der Waals surface area contributed by atoms with E-state index in [0.717, 1.165) is 4.68 Å². The number of amides is 1. The number of fused-ring (bicyclic) bond motifs is 1. The third-order valence-electron chi connectivity index (χ3n) is 4.20. The van der Waals surface area contributed by atoms with Gasteiger partial charge in [-0.2, -0.15) is 0 Å². The van der Waals surface area contributed by atoms with E-state index in [1.54, 1.807) is 61.8 Å². The number of nitrogens with zero attached hydrogens (tertiary/aromatic N) is 3. The van der Waals surface area contributed by atoms with Gasteiger partial charge in [0.15, 0.2) is 5.65 Å². The first kappa shape index (κ1) is 18.3. The van der Waals surface area contributed by atoms with Gasteiger partial charge in [0.1, 0.15) is 23.8 Å². The number of nitrogens with one attached hydrogen (secondary N) is 1. The topological polar surface area (TPSA) is 86.9 Å². The summed E-state index contributed by atoms with van der Waals surface area (Å²) in [6.45, 7) is -0.178. The van der Waals surface area contributed by atoms with Crippen molar-refractivity contribution < 1.29 is 14.3 Å². The molecule has 2 aromatic heterocycles. The summed E-state index contributed by atoms with van der Waals surface area (Å²) in [5.41, 5.74) is 0.715. The fraction of sp³-hybridized carbons (Fsp3) is 0.0952. The van der Waals surface area contributed by atoms with E-state index in [2.05, 4.69) is 10.4 Å². The molecule has 0 bridgehead atoms.